The van der Waals surface area contributed by atoms with E-state index in [1.54, 1.807) is 0 Å². The lowest BCUT2D eigenvalue weighted by molar-refractivity contribution is 0.0931. The van der Waals surface area contributed by atoms with Gasteiger partial charge in [0.2, 0.25) is 0 Å². The molecule has 4 aromatic rings. The van der Waals surface area contributed by atoms with E-state index in [2.05, 4.69) is 4.90 Å². The molecule has 0 aromatic heterocycles. The van der Waals surface area contributed by atoms with E-state index in [4.69, 9.17) is 18.9 Å². The molecule has 0 aliphatic carbocycles. The van der Waals surface area contributed by atoms with Crippen LogP contribution in [0.15, 0.2) is 103 Å². The maximum atomic E-state index is 14.6. The average Bonchev–Trinajstić information content (AvgIpc) is 3.91. The molecule has 190 valence electrons. The molecule has 0 bridgehead atoms. The van der Waals surface area contributed by atoms with E-state index in [0.717, 1.165) is 47.2 Å². The minimum absolute atomic E-state index is 0.0250. The summed E-state index contributed by atoms with van der Waals surface area (Å²) in [5.74, 6) is 1.52. The van der Waals surface area contributed by atoms with Crippen molar-refractivity contribution in [3.8, 4) is 11.5 Å². The van der Waals surface area contributed by atoms with Crippen LogP contribution < -0.4 is 14.4 Å². The number of hydrogen-bond donors (Lipinski definition) is 0. The first kappa shape index (κ1) is 23.0. The molecule has 3 aliphatic heterocycles. The summed E-state index contributed by atoms with van der Waals surface area (Å²) in [7, 11) is 0. The Morgan fingerprint density at radius 2 is 1.18 bits per heavy atom. The number of nitrogens with zero attached hydrogens (tertiary/aromatic N) is 1. The Morgan fingerprint density at radius 1 is 0.684 bits per heavy atom. The van der Waals surface area contributed by atoms with Crippen molar-refractivity contribution < 1.29 is 23.7 Å². The molecule has 7 rings (SSSR count). The summed E-state index contributed by atoms with van der Waals surface area (Å²) in [6.45, 7) is 2.54. The van der Waals surface area contributed by atoms with Gasteiger partial charge in [0.1, 0.15) is 36.9 Å². The van der Waals surface area contributed by atoms with Crippen LogP contribution in [0.5, 0.6) is 11.5 Å². The molecule has 0 radical (unpaired) electrons. The molecule has 0 N–H and O–H groups in total. The molecule has 3 heterocycles. The second-order valence-electron chi connectivity index (χ2n) is 9.81. The van der Waals surface area contributed by atoms with Gasteiger partial charge in [-0.1, -0.05) is 54.6 Å². The van der Waals surface area contributed by atoms with Gasteiger partial charge < -0.3 is 23.8 Å². The van der Waals surface area contributed by atoms with Crippen molar-refractivity contribution in [2.75, 3.05) is 31.3 Å². The van der Waals surface area contributed by atoms with Crippen molar-refractivity contribution >= 4 is 17.2 Å². The van der Waals surface area contributed by atoms with Crippen LogP contribution in [0.25, 0.3) is 0 Å². The van der Waals surface area contributed by atoms with Gasteiger partial charge in [-0.05, 0) is 59.7 Å². The average molecular weight is 506 g/mol. The molecule has 6 nitrogen and oxygen atoms in total. The molecular weight excluding hydrogens is 478 g/mol. The second-order valence-corrected chi connectivity index (χ2v) is 9.81. The molecule has 0 saturated carbocycles. The Kier molecular flexibility index (Phi) is 5.64. The van der Waals surface area contributed by atoms with Crippen molar-refractivity contribution in [1.29, 1.82) is 0 Å². The van der Waals surface area contributed by atoms with Gasteiger partial charge in [-0.15, -0.1) is 0 Å². The fourth-order valence-corrected chi connectivity index (χ4v) is 5.23. The first-order chi connectivity index (χ1) is 18.7. The number of benzene rings is 4. The smallest absolute Gasteiger partial charge is 0.200 e. The Bertz CT molecular complexity index is 1380. The minimum Gasteiger partial charge on any atom is -0.491 e. The van der Waals surface area contributed by atoms with E-state index >= 15 is 0 Å². The maximum Gasteiger partial charge on any atom is 0.200 e. The third-order valence-electron chi connectivity index (χ3n) is 7.29. The summed E-state index contributed by atoms with van der Waals surface area (Å²) in [5, 5.41) is 0. The molecular formula is C32H27NO5. The van der Waals surface area contributed by atoms with Crippen molar-refractivity contribution in [3.05, 3.63) is 120 Å². The lowest BCUT2D eigenvalue weighted by atomic mass is 9.78. The number of Topliss-reactive ketones (excluding diaryl/α,β-unsaturated/α-hetero) is 1. The van der Waals surface area contributed by atoms with Gasteiger partial charge >= 0.3 is 0 Å². The highest BCUT2D eigenvalue weighted by Crippen LogP contribution is 2.53. The highest BCUT2D eigenvalue weighted by molar-refractivity contribution is 6.18. The van der Waals surface area contributed by atoms with Crippen LogP contribution in [-0.4, -0.2) is 44.4 Å². The zero-order valence-electron chi connectivity index (χ0n) is 20.8. The molecule has 0 amide bonds. The van der Waals surface area contributed by atoms with E-state index in [1.807, 2.05) is 103 Å². The number of rotatable bonds is 9. The lowest BCUT2D eigenvalue weighted by Gasteiger charge is -2.40. The van der Waals surface area contributed by atoms with Gasteiger partial charge in [0.15, 0.2) is 11.3 Å². The van der Waals surface area contributed by atoms with Gasteiger partial charge in [0.05, 0.1) is 18.9 Å². The van der Waals surface area contributed by atoms with Crippen LogP contribution >= 0.6 is 0 Å². The number of carbonyl (C=O) groups is 1. The van der Waals surface area contributed by atoms with Crippen molar-refractivity contribution in [1.82, 2.24) is 0 Å². The Labute approximate surface area is 221 Å². The summed E-state index contributed by atoms with van der Waals surface area (Å²) in [5.41, 5.74) is 3.11. The number of ether oxygens (including phenoxy) is 4. The predicted molar refractivity (Wildman–Crippen MR) is 143 cm³/mol. The zero-order chi connectivity index (χ0) is 25.5. The van der Waals surface area contributed by atoms with E-state index in [1.165, 1.54) is 0 Å². The number of fused-ring (bicyclic) bond motifs is 1. The van der Waals surface area contributed by atoms with Crippen LogP contribution in [0.4, 0.5) is 11.4 Å². The summed E-state index contributed by atoms with van der Waals surface area (Å²) in [6, 6.07) is 33.6. The minimum atomic E-state index is -1.11. The number of hydrogen-bond acceptors (Lipinski definition) is 6. The van der Waals surface area contributed by atoms with Crippen molar-refractivity contribution in [2.24, 2.45) is 0 Å². The van der Waals surface area contributed by atoms with Crippen molar-refractivity contribution in [3.63, 3.8) is 0 Å². The summed E-state index contributed by atoms with van der Waals surface area (Å²) < 4.78 is 22.4. The van der Waals surface area contributed by atoms with Crippen LogP contribution in [-0.2, 0) is 15.0 Å². The number of carbonyl (C=O) groups excluding carboxylic acids is 1. The zero-order valence-corrected chi connectivity index (χ0v) is 20.8. The Balaban J connectivity index is 1.36. The highest BCUT2D eigenvalue weighted by Gasteiger charge is 2.54. The molecule has 6 heteroatoms. The topological polar surface area (TPSA) is 63.8 Å². The van der Waals surface area contributed by atoms with Gasteiger partial charge in [-0.25, -0.2) is 0 Å². The summed E-state index contributed by atoms with van der Waals surface area (Å²) >= 11 is 0. The molecule has 0 spiro atoms. The van der Waals surface area contributed by atoms with Crippen LogP contribution in [0.1, 0.15) is 21.5 Å². The third-order valence-corrected chi connectivity index (χ3v) is 7.29. The molecule has 2 atom stereocenters. The summed E-state index contributed by atoms with van der Waals surface area (Å²) in [4.78, 5) is 16.7. The molecule has 2 fully saturated rings. The normalized spacial score (nSPS) is 23.2. The van der Waals surface area contributed by atoms with E-state index in [0.29, 0.717) is 18.8 Å². The lowest BCUT2D eigenvalue weighted by Crippen LogP contribution is -2.46. The van der Waals surface area contributed by atoms with Gasteiger partial charge in [-0.2, -0.15) is 0 Å². The highest BCUT2D eigenvalue weighted by atomic mass is 16.6. The standard InChI is InChI=1S/C32H27NO5/c34-31-29-8-4-5-9-30(29)33(24-6-2-1-3-7-24)32(31,22-10-14-25(15-11-22)35-18-27-20-37-27)23-12-16-26(17-13-23)36-19-28-21-38-28/h1-17,27-28H,18-21H2. The largest absolute Gasteiger partial charge is 0.491 e. The molecule has 38 heavy (non-hydrogen) atoms. The maximum absolute atomic E-state index is 14.6. The second kappa shape index (κ2) is 9.31. The molecule has 3 aliphatic rings. The van der Waals surface area contributed by atoms with E-state index in [-0.39, 0.29) is 18.0 Å². The van der Waals surface area contributed by atoms with Crippen LogP contribution in [0.2, 0.25) is 0 Å². The predicted octanol–water partition coefficient (Wildman–Crippen LogP) is 5.52. The van der Waals surface area contributed by atoms with Crippen LogP contribution in [0, 0.1) is 0 Å². The fraction of sp³-hybridized carbons (Fsp3) is 0.219. The van der Waals surface area contributed by atoms with Gasteiger partial charge in [0.25, 0.3) is 0 Å². The first-order valence-corrected chi connectivity index (χ1v) is 12.9. The summed E-state index contributed by atoms with van der Waals surface area (Å²) in [6.07, 6.45) is 0.348. The quantitative estimate of drug-likeness (QED) is 0.279. The monoisotopic (exact) mass is 505 g/mol. The van der Waals surface area contributed by atoms with Gasteiger partial charge in [0, 0.05) is 11.3 Å². The van der Waals surface area contributed by atoms with Gasteiger partial charge in [-0.3, -0.25) is 4.79 Å². The molecule has 2 unspecified atom stereocenters. The Hall–Kier alpha value is -4.13. The van der Waals surface area contributed by atoms with E-state index in [9.17, 15) is 4.79 Å². The molecule has 4 aromatic carbocycles. The first-order valence-electron chi connectivity index (χ1n) is 12.9. The number of epoxide rings is 2. The van der Waals surface area contributed by atoms with E-state index < -0.39 is 5.54 Å². The number of ketones is 1. The van der Waals surface area contributed by atoms with Crippen LogP contribution in [0.3, 0.4) is 0 Å². The van der Waals surface area contributed by atoms with Crippen molar-refractivity contribution in [2.45, 2.75) is 17.7 Å². The Morgan fingerprint density at radius 3 is 1.71 bits per heavy atom. The number of para-hydroxylation sites is 2. The molecule has 2 saturated heterocycles. The SMILES string of the molecule is O=C1c2ccccc2N(c2ccccc2)C1(c1ccc(OCC2CO2)cc1)c1ccc(OCC2CO2)cc1. The number of anilines is 2. The fourth-order valence-electron chi connectivity index (χ4n) is 5.23. The third kappa shape index (κ3) is 4.02.